The number of amides is 2. The molecule has 32 heavy (non-hydrogen) atoms. The quantitative estimate of drug-likeness (QED) is 0.558. The summed E-state index contributed by atoms with van der Waals surface area (Å²) in [7, 11) is 0. The molecule has 1 aromatic heterocycles. The molecule has 4 N–H and O–H groups in total. The lowest BCUT2D eigenvalue weighted by atomic mass is 10.1. The Hall–Kier alpha value is -3.74. The van der Waals surface area contributed by atoms with Gasteiger partial charge in [0.05, 0.1) is 19.3 Å². The van der Waals surface area contributed by atoms with Crippen molar-refractivity contribution in [3.05, 3.63) is 48.0 Å². The monoisotopic (exact) mass is 452 g/mol. The smallest absolute Gasteiger partial charge is 0.405 e. The molecule has 0 spiro atoms. The number of halogens is 3. The molecule has 2 heterocycles. The molecular weight excluding hydrogens is 433 g/mol. The third-order valence-corrected chi connectivity index (χ3v) is 4.55. The maximum atomic E-state index is 12.6. The molecule has 0 saturated carbocycles. The summed E-state index contributed by atoms with van der Waals surface area (Å²) < 4.78 is 47.3. The summed E-state index contributed by atoms with van der Waals surface area (Å²) >= 11 is 0. The highest BCUT2D eigenvalue weighted by Crippen LogP contribution is 2.29. The van der Waals surface area contributed by atoms with E-state index in [1.165, 1.54) is 35.2 Å². The van der Waals surface area contributed by atoms with E-state index in [1.54, 1.807) is 0 Å². The number of alkyl halides is 3. The van der Waals surface area contributed by atoms with Gasteiger partial charge in [-0.1, -0.05) is 17.3 Å². The Morgan fingerprint density at radius 2 is 2.03 bits per heavy atom. The number of aromatic nitrogens is 2. The largest absolute Gasteiger partial charge is 0.471 e. The van der Waals surface area contributed by atoms with Gasteiger partial charge in [-0.2, -0.15) is 18.2 Å². The van der Waals surface area contributed by atoms with Crippen LogP contribution in [-0.4, -0.2) is 64.9 Å². The van der Waals surface area contributed by atoms with Gasteiger partial charge in [-0.3, -0.25) is 15.0 Å². The lowest BCUT2D eigenvalue weighted by molar-refractivity contribution is -0.159. The van der Waals surface area contributed by atoms with Crippen molar-refractivity contribution in [1.82, 2.24) is 20.4 Å². The number of ether oxygens (including phenoxy) is 1. The minimum atomic E-state index is -4.75. The fraction of sp³-hybridized carbons (Fsp3) is 0.316. The van der Waals surface area contributed by atoms with E-state index in [-0.39, 0.29) is 42.4 Å². The van der Waals surface area contributed by atoms with Gasteiger partial charge in [0.15, 0.2) is 0 Å². The molecule has 1 aromatic carbocycles. The molecule has 0 bridgehead atoms. The molecule has 1 atom stereocenters. The summed E-state index contributed by atoms with van der Waals surface area (Å²) in [5.74, 6) is -2.71. The van der Waals surface area contributed by atoms with Gasteiger partial charge in [-0.25, -0.2) is 0 Å². The van der Waals surface area contributed by atoms with Crippen molar-refractivity contribution >= 4 is 17.5 Å². The number of carbonyl (C=O) groups excluding carboxylic acids is 2. The second-order valence-electron chi connectivity index (χ2n) is 6.71. The van der Waals surface area contributed by atoms with Crippen molar-refractivity contribution in [2.45, 2.75) is 12.2 Å². The van der Waals surface area contributed by atoms with Crippen LogP contribution in [-0.2, 0) is 15.7 Å². The first kappa shape index (κ1) is 22.9. The zero-order valence-corrected chi connectivity index (χ0v) is 16.6. The van der Waals surface area contributed by atoms with E-state index >= 15 is 0 Å². The lowest BCUT2D eigenvalue weighted by Gasteiger charge is -2.35. The van der Waals surface area contributed by atoms with Gasteiger partial charge in [0.1, 0.15) is 5.71 Å². The van der Waals surface area contributed by atoms with Crippen LogP contribution in [0.25, 0.3) is 11.4 Å². The molecule has 1 fully saturated rings. The normalized spacial score (nSPS) is 16.8. The molecule has 2 amide bonds. The summed E-state index contributed by atoms with van der Waals surface area (Å²) in [5.41, 5.74) is 5.42. The van der Waals surface area contributed by atoms with Crippen molar-refractivity contribution in [2.75, 3.05) is 26.3 Å². The summed E-state index contributed by atoms with van der Waals surface area (Å²) in [4.78, 5) is 29.6. The van der Waals surface area contributed by atoms with Crippen LogP contribution in [0.4, 0.5) is 13.2 Å². The van der Waals surface area contributed by atoms with Crippen LogP contribution in [0.3, 0.4) is 0 Å². The zero-order valence-electron chi connectivity index (χ0n) is 16.6. The topological polar surface area (TPSA) is 147 Å². The van der Waals surface area contributed by atoms with Crippen molar-refractivity contribution in [1.29, 1.82) is 5.41 Å². The minimum absolute atomic E-state index is 0.0751. The molecule has 1 saturated heterocycles. The molecular formula is C19H19F3N6O4. The van der Waals surface area contributed by atoms with Crippen molar-refractivity contribution in [3.8, 4) is 11.4 Å². The van der Waals surface area contributed by atoms with Crippen LogP contribution in [0.1, 0.15) is 16.2 Å². The molecule has 0 aliphatic carbocycles. The number of nitrogens with zero attached hydrogens (tertiary/aromatic N) is 3. The maximum absolute atomic E-state index is 12.6. The molecule has 1 aliphatic heterocycles. The van der Waals surface area contributed by atoms with Crippen LogP contribution in [0.5, 0.6) is 0 Å². The predicted octanol–water partition coefficient (Wildman–Crippen LogP) is 1.20. The van der Waals surface area contributed by atoms with E-state index in [1.807, 2.05) is 0 Å². The molecule has 1 aliphatic rings. The summed E-state index contributed by atoms with van der Waals surface area (Å²) in [6.45, 7) is 0.832. The van der Waals surface area contributed by atoms with Crippen molar-refractivity contribution in [2.24, 2.45) is 5.73 Å². The third-order valence-electron chi connectivity index (χ3n) is 4.55. The molecule has 170 valence electrons. The zero-order chi connectivity index (χ0) is 23.3. The average molecular weight is 452 g/mol. The molecule has 10 nitrogen and oxygen atoms in total. The van der Waals surface area contributed by atoms with E-state index in [4.69, 9.17) is 15.9 Å². The van der Waals surface area contributed by atoms with Gasteiger partial charge >= 0.3 is 12.1 Å². The second kappa shape index (κ2) is 9.60. The SMILES string of the molecule is N=C(/C=C\N)C(=O)N1CCOCC1CNC(=O)c1ccc(-c2noc(C(F)(F)F)n2)cc1. The van der Waals surface area contributed by atoms with E-state index in [9.17, 15) is 22.8 Å². The molecule has 2 aromatic rings. The summed E-state index contributed by atoms with van der Waals surface area (Å²) in [6, 6.07) is 5.10. The van der Waals surface area contributed by atoms with E-state index in [2.05, 4.69) is 20.0 Å². The van der Waals surface area contributed by atoms with E-state index in [0.29, 0.717) is 6.61 Å². The van der Waals surface area contributed by atoms with Crippen molar-refractivity contribution in [3.63, 3.8) is 0 Å². The first-order valence-electron chi connectivity index (χ1n) is 9.35. The number of carbonyl (C=O) groups is 2. The summed E-state index contributed by atoms with van der Waals surface area (Å²) in [6.07, 6.45) is -2.47. The van der Waals surface area contributed by atoms with E-state index in [0.717, 1.165) is 6.20 Å². The Balaban J connectivity index is 1.62. The fourth-order valence-corrected chi connectivity index (χ4v) is 2.95. The highest BCUT2D eigenvalue weighted by molar-refractivity contribution is 6.42. The first-order valence-corrected chi connectivity index (χ1v) is 9.35. The molecule has 1 unspecified atom stereocenters. The van der Waals surface area contributed by atoms with Gasteiger partial charge in [0.25, 0.3) is 11.8 Å². The standard InChI is InChI=1S/C19H19F3N6O4/c20-19(21,22)18-26-15(27-32-18)11-1-3-12(4-2-11)16(29)25-9-13-10-31-8-7-28(13)17(30)14(24)5-6-23/h1-6,13,24H,7-10,23H2,(H,25,29)/b6-5-,24-14?. The Bertz CT molecular complexity index is 1020. The fourth-order valence-electron chi connectivity index (χ4n) is 2.95. The van der Waals surface area contributed by atoms with Gasteiger partial charge in [0.2, 0.25) is 5.82 Å². The number of benzene rings is 1. The number of rotatable bonds is 6. The first-order chi connectivity index (χ1) is 15.2. The Kier molecular flexibility index (Phi) is 6.88. The average Bonchev–Trinajstić information content (AvgIpc) is 3.28. The van der Waals surface area contributed by atoms with Gasteiger partial charge in [0, 0.05) is 24.2 Å². The number of nitrogens with one attached hydrogen (secondary N) is 2. The van der Waals surface area contributed by atoms with Crippen LogP contribution in [0, 0.1) is 5.41 Å². The number of morpholine rings is 1. The molecule has 0 radical (unpaired) electrons. The number of nitrogens with two attached hydrogens (primary N) is 1. The minimum Gasteiger partial charge on any atom is -0.405 e. The maximum Gasteiger partial charge on any atom is 0.471 e. The third kappa shape index (κ3) is 5.29. The Morgan fingerprint density at radius 3 is 2.66 bits per heavy atom. The summed E-state index contributed by atoms with van der Waals surface area (Å²) in [5, 5.41) is 13.7. The number of hydrogen-bond donors (Lipinski definition) is 3. The van der Waals surface area contributed by atoms with Gasteiger partial charge < -0.3 is 25.2 Å². The van der Waals surface area contributed by atoms with Crippen molar-refractivity contribution < 1.29 is 32.0 Å². The van der Waals surface area contributed by atoms with Crippen LogP contribution < -0.4 is 11.1 Å². The van der Waals surface area contributed by atoms with Crippen LogP contribution in [0.15, 0.2) is 41.1 Å². The number of hydrogen-bond acceptors (Lipinski definition) is 8. The van der Waals surface area contributed by atoms with Crippen LogP contribution >= 0.6 is 0 Å². The Morgan fingerprint density at radius 1 is 1.31 bits per heavy atom. The van der Waals surface area contributed by atoms with Gasteiger partial charge in [-0.15, -0.1) is 0 Å². The molecule has 3 rings (SSSR count). The molecule has 13 heteroatoms. The van der Waals surface area contributed by atoms with Gasteiger partial charge in [-0.05, 0) is 24.4 Å². The Labute approximate surface area is 179 Å². The van der Waals surface area contributed by atoms with E-state index < -0.39 is 29.9 Å². The van der Waals surface area contributed by atoms with Crippen LogP contribution in [0.2, 0.25) is 0 Å². The predicted molar refractivity (Wildman–Crippen MR) is 104 cm³/mol. The lowest BCUT2D eigenvalue weighted by Crippen LogP contribution is -2.55. The second-order valence-corrected chi connectivity index (χ2v) is 6.71. The highest BCUT2D eigenvalue weighted by atomic mass is 19.4. The highest BCUT2D eigenvalue weighted by Gasteiger charge is 2.38.